The van der Waals surface area contributed by atoms with Crippen molar-refractivity contribution in [3.05, 3.63) is 58.6 Å². The lowest BCUT2D eigenvalue weighted by molar-refractivity contribution is -0.130. The van der Waals surface area contributed by atoms with Crippen LogP contribution in [-0.4, -0.2) is 47.5 Å². The van der Waals surface area contributed by atoms with Gasteiger partial charge in [-0.25, -0.2) is 0 Å². The van der Waals surface area contributed by atoms with Gasteiger partial charge in [-0.2, -0.15) is 0 Å². The first-order chi connectivity index (χ1) is 14.4. The molecule has 1 atom stereocenters. The van der Waals surface area contributed by atoms with Crippen LogP contribution in [-0.2, 0) is 4.79 Å². The van der Waals surface area contributed by atoms with Crippen LogP contribution in [0.4, 0.5) is 0 Å². The van der Waals surface area contributed by atoms with Gasteiger partial charge in [-0.1, -0.05) is 35.9 Å². The molecule has 1 spiro atoms. The molecule has 2 aromatic carbocycles. The third-order valence-electron chi connectivity index (χ3n) is 6.03. The van der Waals surface area contributed by atoms with Crippen molar-refractivity contribution in [1.82, 2.24) is 10.2 Å². The Hall–Kier alpha value is -2.57. The molecule has 0 bridgehead atoms. The number of piperidine rings is 1. The van der Waals surface area contributed by atoms with Crippen LogP contribution in [0.15, 0.2) is 47.5 Å². The van der Waals surface area contributed by atoms with E-state index in [0.717, 1.165) is 16.8 Å². The van der Waals surface area contributed by atoms with E-state index in [0.29, 0.717) is 43.1 Å². The van der Waals surface area contributed by atoms with Crippen LogP contribution in [0.1, 0.15) is 43.4 Å². The van der Waals surface area contributed by atoms with Crippen molar-refractivity contribution >= 4 is 23.2 Å². The van der Waals surface area contributed by atoms with Crippen LogP contribution in [0, 0.1) is 0 Å². The zero-order chi connectivity index (χ0) is 21.3. The Morgan fingerprint density at radius 3 is 2.57 bits per heavy atom. The van der Waals surface area contributed by atoms with E-state index >= 15 is 0 Å². The zero-order valence-electron chi connectivity index (χ0n) is 17.2. The fourth-order valence-corrected chi connectivity index (χ4v) is 4.48. The summed E-state index contributed by atoms with van der Waals surface area (Å²) in [6.45, 7) is 2.90. The van der Waals surface area contributed by atoms with Crippen LogP contribution in [0.25, 0.3) is 0 Å². The second-order valence-electron chi connectivity index (χ2n) is 7.90. The highest BCUT2D eigenvalue weighted by Gasteiger charge is 2.41. The summed E-state index contributed by atoms with van der Waals surface area (Å²) >= 11 is 6.08. The van der Waals surface area contributed by atoms with E-state index in [1.807, 2.05) is 41.3 Å². The van der Waals surface area contributed by atoms with Crippen LogP contribution >= 0.6 is 11.6 Å². The van der Waals surface area contributed by atoms with Gasteiger partial charge in [-0.15, -0.1) is 0 Å². The summed E-state index contributed by atoms with van der Waals surface area (Å²) < 4.78 is 5.31. The highest BCUT2D eigenvalue weighted by molar-refractivity contribution is 6.30. The largest absolute Gasteiger partial charge is 0.504 e. The molecule has 7 heteroatoms. The lowest BCUT2D eigenvalue weighted by atomic mass is 9.87. The summed E-state index contributed by atoms with van der Waals surface area (Å²) in [7, 11) is 1.55. The first kappa shape index (κ1) is 20.7. The highest BCUT2D eigenvalue weighted by atomic mass is 35.5. The number of methoxy groups -OCH3 is 1. The molecule has 2 heterocycles. The summed E-state index contributed by atoms with van der Waals surface area (Å²) in [5.74, 6) is 0.682. The number of carbonyl (C=O) groups is 1. The molecule has 0 aromatic heterocycles. The molecule has 1 amide bonds. The molecule has 0 radical (unpaired) electrons. The number of nitrogens with one attached hydrogen (secondary N) is 1. The Labute approximate surface area is 181 Å². The number of aromatic hydroxyl groups is 1. The number of halogens is 1. The Morgan fingerprint density at radius 2 is 1.93 bits per heavy atom. The molecular weight excluding hydrogens is 402 g/mol. The number of para-hydroxylation sites is 1. The van der Waals surface area contributed by atoms with Crippen molar-refractivity contribution < 1.29 is 14.6 Å². The van der Waals surface area contributed by atoms with Crippen LogP contribution in [0.3, 0.4) is 0 Å². The summed E-state index contributed by atoms with van der Waals surface area (Å²) in [6.07, 6.45) is 2.05. The quantitative estimate of drug-likeness (QED) is 0.778. The van der Waals surface area contributed by atoms with E-state index in [-0.39, 0.29) is 17.7 Å². The first-order valence-corrected chi connectivity index (χ1v) is 10.5. The Balaban J connectivity index is 1.72. The zero-order valence-corrected chi connectivity index (χ0v) is 17.9. The van der Waals surface area contributed by atoms with E-state index in [4.69, 9.17) is 21.3 Å². The first-order valence-electron chi connectivity index (χ1n) is 10.1. The second kappa shape index (κ2) is 8.28. The molecule has 2 aromatic rings. The van der Waals surface area contributed by atoms with Gasteiger partial charge in [0.25, 0.3) is 0 Å². The minimum absolute atomic E-state index is 0.0875. The van der Waals surface area contributed by atoms with Gasteiger partial charge >= 0.3 is 0 Å². The molecule has 6 nitrogen and oxygen atoms in total. The summed E-state index contributed by atoms with van der Waals surface area (Å²) in [5.41, 5.74) is 2.28. The molecule has 4 rings (SSSR count). The maximum atomic E-state index is 11.8. The molecule has 1 saturated heterocycles. The van der Waals surface area contributed by atoms with Gasteiger partial charge < -0.3 is 14.7 Å². The molecule has 0 unspecified atom stereocenters. The average Bonchev–Trinajstić information content (AvgIpc) is 2.74. The smallest absolute Gasteiger partial charge is 0.219 e. The number of hydrogen-bond acceptors (Lipinski definition) is 5. The van der Waals surface area contributed by atoms with E-state index in [9.17, 15) is 9.90 Å². The number of rotatable bonds is 3. The Kier molecular flexibility index (Phi) is 5.71. The number of ether oxygens (including phenoxy) is 1. The monoisotopic (exact) mass is 427 g/mol. The lowest BCUT2D eigenvalue weighted by Crippen LogP contribution is -2.56. The molecule has 1 fully saturated rings. The predicted octanol–water partition coefficient (Wildman–Crippen LogP) is 3.92. The van der Waals surface area contributed by atoms with Gasteiger partial charge in [0.2, 0.25) is 5.91 Å². The third kappa shape index (κ3) is 4.02. The number of phenolic OH excluding ortho intramolecular Hbond substituents is 1. The summed E-state index contributed by atoms with van der Waals surface area (Å²) in [6, 6.07) is 13.1. The third-order valence-corrected chi connectivity index (χ3v) is 6.28. The summed E-state index contributed by atoms with van der Waals surface area (Å²) in [4.78, 5) is 18.8. The van der Waals surface area contributed by atoms with E-state index in [2.05, 4.69) is 5.32 Å². The lowest BCUT2D eigenvalue weighted by Gasteiger charge is -2.45. The number of likely N-dealkylation sites (tertiary alicyclic amines) is 1. The number of amides is 1. The van der Waals surface area contributed by atoms with Crippen molar-refractivity contribution in [2.45, 2.75) is 37.9 Å². The number of hydrogen-bond donors (Lipinski definition) is 2. The van der Waals surface area contributed by atoms with Gasteiger partial charge in [0.05, 0.1) is 7.11 Å². The SMILES string of the molecule is COc1cccc([C@H]2CC(c3ccc(Cl)cc3)=NC3(CCN(C(C)=O)CC3)N2)c1O. The fraction of sp³-hybridized carbons (Fsp3) is 0.391. The molecule has 2 N–H and O–H groups in total. The predicted molar refractivity (Wildman–Crippen MR) is 117 cm³/mol. The van der Waals surface area contributed by atoms with Gasteiger partial charge in [-0.3, -0.25) is 15.1 Å². The van der Waals surface area contributed by atoms with Crippen LogP contribution in [0.2, 0.25) is 5.02 Å². The molecular formula is C23H26ClN3O3. The maximum Gasteiger partial charge on any atom is 0.219 e. The average molecular weight is 428 g/mol. The fourth-order valence-electron chi connectivity index (χ4n) is 4.35. The number of nitrogens with zero attached hydrogens (tertiary/aromatic N) is 2. The minimum atomic E-state index is -0.487. The number of carbonyl (C=O) groups excluding carboxylic acids is 1. The normalized spacial score (nSPS) is 20.7. The molecule has 0 aliphatic carbocycles. The Bertz CT molecular complexity index is 966. The van der Waals surface area contributed by atoms with Gasteiger partial charge in [0, 0.05) is 61.6 Å². The summed E-state index contributed by atoms with van der Waals surface area (Å²) in [5, 5.41) is 15.1. The van der Waals surface area contributed by atoms with E-state index in [1.54, 1.807) is 20.1 Å². The topological polar surface area (TPSA) is 74.2 Å². The van der Waals surface area contributed by atoms with Crippen molar-refractivity contribution in [2.24, 2.45) is 4.99 Å². The van der Waals surface area contributed by atoms with Crippen molar-refractivity contribution in [1.29, 1.82) is 0 Å². The van der Waals surface area contributed by atoms with Crippen LogP contribution in [0.5, 0.6) is 11.5 Å². The van der Waals surface area contributed by atoms with Gasteiger partial charge in [-0.05, 0) is 23.8 Å². The van der Waals surface area contributed by atoms with Crippen LogP contribution < -0.4 is 10.1 Å². The van der Waals surface area contributed by atoms with Gasteiger partial charge in [0.1, 0.15) is 5.66 Å². The number of aliphatic imine (C=N–C) groups is 1. The maximum absolute atomic E-state index is 11.8. The van der Waals surface area contributed by atoms with Crippen molar-refractivity contribution in [2.75, 3.05) is 20.2 Å². The highest BCUT2D eigenvalue weighted by Crippen LogP contribution is 2.40. The van der Waals surface area contributed by atoms with E-state index < -0.39 is 5.66 Å². The van der Waals surface area contributed by atoms with Crippen molar-refractivity contribution in [3.63, 3.8) is 0 Å². The molecule has 158 valence electrons. The Morgan fingerprint density at radius 1 is 1.23 bits per heavy atom. The minimum Gasteiger partial charge on any atom is -0.504 e. The second-order valence-corrected chi connectivity index (χ2v) is 8.34. The standard InChI is InChI=1S/C23H26ClN3O3/c1-15(28)27-12-10-23(11-13-27)25-19(16-6-8-17(24)9-7-16)14-20(26-23)18-4-3-5-21(30-2)22(18)29/h3-9,20,26,29H,10-14H2,1-2H3/t20-/m1/s1. The molecule has 30 heavy (non-hydrogen) atoms. The van der Waals surface area contributed by atoms with Gasteiger partial charge in [0.15, 0.2) is 11.5 Å². The molecule has 2 aliphatic heterocycles. The van der Waals surface area contributed by atoms with E-state index in [1.165, 1.54) is 0 Å². The number of benzene rings is 2. The molecule has 0 saturated carbocycles. The number of phenols is 1. The molecule has 2 aliphatic rings. The van der Waals surface area contributed by atoms with Crippen molar-refractivity contribution in [3.8, 4) is 11.5 Å².